The Morgan fingerprint density at radius 1 is 1.70 bits per heavy atom. The number of hydrogen-bond donors (Lipinski definition) is 2. The Labute approximate surface area is 63.4 Å². The molecule has 1 atom stereocenters. The van der Waals surface area contributed by atoms with Crippen molar-refractivity contribution in [1.29, 1.82) is 0 Å². The standard InChI is InChI=1S/C5H9ClO4/c6-1-4(8)3-10-5(9)2-7/h4,7-8H,1-3H2. The molecule has 4 nitrogen and oxygen atoms in total. The van der Waals surface area contributed by atoms with Gasteiger partial charge >= 0.3 is 5.97 Å². The molecule has 60 valence electrons. The normalized spacial score (nSPS) is 12.7. The quantitative estimate of drug-likeness (QED) is 0.423. The number of esters is 1. The minimum absolute atomic E-state index is 0.0126. The molecule has 0 heterocycles. The third-order valence-electron chi connectivity index (χ3n) is 0.744. The van der Waals surface area contributed by atoms with E-state index >= 15 is 0 Å². The summed E-state index contributed by atoms with van der Waals surface area (Å²) in [5.41, 5.74) is 0. The van der Waals surface area contributed by atoms with Crippen LogP contribution in [0.25, 0.3) is 0 Å². The van der Waals surface area contributed by atoms with Crippen LogP contribution in [0.15, 0.2) is 0 Å². The van der Waals surface area contributed by atoms with Crippen LogP contribution in [-0.4, -0.2) is 41.4 Å². The van der Waals surface area contributed by atoms with Gasteiger partial charge in [-0.15, -0.1) is 11.6 Å². The van der Waals surface area contributed by atoms with Crippen molar-refractivity contribution < 1.29 is 19.7 Å². The average molecular weight is 169 g/mol. The summed E-state index contributed by atoms with van der Waals surface area (Å²) in [6.07, 6.45) is -0.850. The van der Waals surface area contributed by atoms with Crippen LogP contribution in [0.3, 0.4) is 0 Å². The Kier molecular flexibility index (Phi) is 5.29. The molecule has 0 aliphatic heterocycles. The zero-order valence-electron chi connectivity index (χ0n) is 5.29. The van der Waals surface area contributed by atoms with Gasteiger partial charge in [-0.1, -0.05) is 0 Å². The molecule has 0 aromatic heterocycles. The lowest BCUT2D eigenvalue weighted by Crippen LogP contribution is -2.21. The lowest BCUT2D eigenvalue weighted by molar-refractivity contribution is -0.149. The van der Waals surface area contributed by atoms with Gasteiger partial charge < -0.3 is 14.9 Å². The molecular formula is C5H9ClO4. The third-order valence-corrected chi connectivity index (χ3v) is 1.10. The Hall–Kier alpha value is -0.320. The molecule has 0 saturated heterocycles. The van der Waals surface area contributed by atoms with Crippen LogP contribution in [0.5, 0.6) is 0 Å². The number of alkyl halides is 1. The highest BCUT2D eigenvalue weighted by Gasteiger charge is 2.05. The zero-order valence-corrected chi connectivity index (χ0v) is 6.04. The second-order valence-corrected chi connectivity index (χ2v) is 1.96. The molecule has 1 unspecified atom stereocenters. The summed E-state index contributed by atoms with van der Waals surface area (Å²) in [6.45, 7) is -0.835. The summed E-state index contributed by atoms with van der Waals surface area (Å²) in [7, 11) is 0. The van der Waals surface area contributed by atoms with E-state index in [4.69, 9.17) is 21.8 Å². The number of rotatable bonds is 4. The molecule has 0 bridgehead atoms. The summed E-state index contributed by atoms with van der Waals surface area (Å²) in [4.78, 5) is 10.2. The molecule has 2 N–H and O–H groups in total. The first-order chi connectivity index (χ1) is 4.70. The van der Waals surface area contributed by atoms with Crippen LogP contribution in [0, 0.1) is 0 Å². The van der Waals surface area contributed by atoms with Gasteiger partial charge in [0, 0.05) is 0 Å². The number of ether oxygens (including phenoxy) is 1. The van der Waals surface area contributed by atoms with Crippen LogP contribution in [-0.2, 0) is 9.53 Å². The van der Waals surface area contributed by atoms with E-state index in [1.165, 1.54) is 0 Å². The summed E-state index contributed by atoms with van der Waals surface area (Å²) in [6, 6.07) is 0. The Bertz CT molecular complexity index is 106. The Balaban J connectivity index is 3.26. The largest absolute Gasteiger partial charge is 0.461 e. The predicted molar refractivity (Wildman–Crippen MR) is 34.8 cm³/mol. The van der Waals surface area contributed by atoms with Gasteiger partial charge in [-0.05, 0) is 0 Å². The molecule has 0 amide bonds. The second kappa shape index (κ2) is 5.46. The maximum absolute atomic E-state index is 10.2. The molecule has 10 heavy (non-hydrogen) atoms. The second-order valence-electron chi connectivity index (χ2n) is 1.65. The predicted octanol–water partition coefficient (Wildman–Crippen LogP) is -0.878. The van der Waals surface area contributed by atoms with Crippen LogP contribution in [0.2, 0.25) is 0 Å². The van der Waals surface area contributed by atoms with Crippen molar-refractivity contribution in [3.05, 3.63) is 0 Å². The van der Waals surface area contributed by atoms with E-state index in [9.17, 15) is 4.79 Å². The molecule has 0 rings (SSSR count). The Morgan fingerprint density at radius 2 is 2.30 bits per heavy atom. The molecule has 0 fully saturated rings. The molecule has 0 radical (unpaired) electrons. The summed E-state index contributed by atoms with van der Waals surface area (Å²) in [5.74, 6) is -0.747. The topological polar surface area (TPSA) is 66.8 Å². The number of halogens is 1. The highest BCUT2D eigenvalue weighted by Crippen LogP contribution is 1.88. The maximum atomic E-state index is 10.2. The van der Waals surface area contributed by atoms with E-state index in [-0.39, 0.29) is 12.5 Å². The molecule has 0 aliphatic carbocycles. The minimum atomic E-state index is -0.850. The fraction of sp³-hybridized carbons (Fsp3) is 0.800. The van der Waals surface area contributed by atoms with Crippen LogP contribution >= 0.6 is 11.6 Å². The number of carbonyl (C=O) groups excluding carboxylic acids is 1. The monoisotopic (exact) mass is 168 g/mol. The van der Waals surface area contributed by atoms with Crippen molar-refractivity contribution in [2.75, 3.05) is 19.1 Å². The Morgan fingerprint density at radius 3 is 2.70 bits per heavy atom. The van der Waals surface area contributed by atoms with Crippen LogP contribution < -0.4 is 0 Å². The van der Waals surface area contributed by atoms with Crippen molar-refractivity contribution in [2.24, 2.45) is 0 Å². The van der Waals surface area contributed by atoms with E-state index in [2.05, 4.69) is 4.74 Å². The lowest BCUT2D eigenvalue weighted by atomic mass is 10.4. The van der Waals surface area contributed by atoms with Gasteiger partial charge in [0.25, 0.3) is 0 Å². The van der Waals surface area contributed by atoms with Crippen LogP contribution in [0.1, 0.15) is 0 Å². The van der Waals surface area contributed by atoms with Crippen molar-refractivity contribution in [1.82, 2.24) is 0 Å². The number of aliphatic hydroxyl groups excluding tert-OH is 2. The number of carbonyl (C=O) groups is 1. The van der Waals surface area contributed by atoms with Crippen molar-refractivity contribution in [3.8, 4) is 0 Å². The zero-order chi connectivity index (χ0) is 7.98. The van der Waals surface area contributed by atoms with Crippen molar-refractivity contribution in [2.45, 2.75) is 6.10 Å². The number of aliphatic hydroxyl groups is 2. The van der Waals surface area contributed by atoms with Crippen molar-refractivity contribution >= 4 is 17.6 Å². The van der Waals surface area contributed by atoms with Crippen LogP contribution in [0.4, 0.5) is 0 Å². The summed E-state index contributed by atoms with van der Waals surface area (Å²) >= 11 is 5.17. The van der Waals surface area contributed by atoms with E-state index in [1.54, 1.807) is 0 Å². The average Bonchev–Trinajstić information content (AvgIpc) is 1.99. The lowest BCUT2D eigenvalue weighted by Gasteiger charge is -2.05. The summed E-state index contributed by atoms with van der Waals surface area (Å²) in [5, 5.41) is 16.8. The highest BCUT2D eigenvalue weighted by molar-refractivity contribution is 6.18. The van der Waals surface area contributed by atoms with Gasteiger partial charge in [-0.25, -0.2) is 4.79 Å². The third kappa shape index (κ3) is 4.55. The SMILES string of the molecule is O=C(CO)OCC(O)CCl. The van der Waals surface area contributed by atoms with E-state index in [1.807, 2.05) is 0 Å². The first-order valence-corrected chi connectivity index (χ1v) is 3.24. The molecule has 0 aliphatic rings. The highest BCUT2D eigenvalue weighted by atomic mass is 35.5. The molecule has 0 saturated carbocycles. The fourth-order valence-electron chi connectivity index (χ4n) is 0.279. The van der Waals surface area contributed by atoms with Gasteiger partial charge in [0.1, 0.15) is 19.3 Å². The molecule has 0 aromatic carbocycles. The number of hydrogen-bond acceptors (Lipinski definition) is 4. The maximum Gasteiger partial charge on any atom is 0.331 e. The van der Waals surface area contributed by atoms with Gasteiger partial charge in [0.2, 0.25) is 0 Å². The van der Waals surface area contributed by atoms with E-state index in [0.29, 0.717) is 0 Å². The molecule has 0 aromatic rings. The van der Waals surface area contributed by atoms with E-state index < -0.39 is 18.7 Å². The van der Waals surface area contributed by atoms with Gasteiger partial charge in [-0.2, -0.15) is 0 Å². The van der Waals surface area contributed by atoms with Gasteiger partial charge in [-0.3, -0.25) is 0 Å². The van der Waals surface area contributed by atoms with Gasteiger partial charge in [0.15, 0.2) is 0 Å². The van der Waals surface area contributed by atoms with E-state index in [0.717, 1.165) is 0 Å². The molecule has 5 heteroatoms. The fourth-order valence-corrected chi connectivity index (χ4v) is 0.368. The molecule has 0 spiro atoms. The first kappa shape index (κ1) is 9.68. The molecular weight excluding hydrogens is 160 g/mol. The first-order valence-electron chi connectivity index (χ1n) is 2.71. The van der Waals surface area contributed by atoms with Gasteiger partial charge in [0.05, 0.1) is 5.88 Å². The smallest absolute Gasteiger partial charge is 0.331 e. The summed E-state index contributed by atoms with van der Waals surface area (Å²) < 4.78 is 4.32. The minimum Gasteiger partial charge on any atom is -0.461 e. The van der Waals surface area contributed by atoms with Crippen molar-refractivity contribution in [3.63, 3.8) is 0 Å².